The van der Waals surface area contributed by atoms with Crippen LogP contribution in [0.2, 0.25) is 0 Å². The number of nitrogens with zero attached hydrogens (tertiary/aromatic N) is 1. The molecule has 0 aromatic heterocycles. The summed E-state index contributed by atoms with van der Waals surface area (Å²) in [6.45, 7) is 0.390. The van der Waals surface area contributed by atoms with Crippen LogP contribution in [0.3, 0.4) is 0 Å². The Bertz CT molecular complexity index is 706. The molecule has 2 aromatic rings. The fraction of sp³-hybridized carbons (Fsp3) is 0.111. The second-order valence-corrected chi connectivity index (χ2v) is 4.86. The highest BCUT2D eigenvalue weighted by Gasteiger charge is 2.23. The number of ether oxygens (including phenoxy) is 2. The maximum absolute atomic E-state index is 11.7. The molecule has 0 atom stereocenters. The normalized spacial score (nSPS) is 15.5. The molecule has 0 unspecified atom stereocenters. The first-order valence-corrected chi connectivity index (χ1v) is 7.00. The maximum Gasteiger partial charge on any atom is 0.366 e. The summed E-state index contributed by atoms with van der Waals surface area (Å²) in [4.78, 5) is 15.9. The number of rotatable bonds is 5. The minimum absolute atomic E-state index is 0.196. The molecule has 1 aliphatic heterocycles. The zero-order valence-electron chi connectivity index (χ0n) is 11.9. The monoisotopic (exact) mass is 293 g/mol. The van der Waals surface area contributed by atoms with E-state index >= 15 is 0 Å². The molecule has 22 heavy (non-hydrogen) atoms. The largest absolute Gasteiger partial charge is 0.494 e. The second kappa shape index (κ2) is 6.72. The number of hydrogen-bond acceptors (Lipinski definition) is 4. The first-order valence-electron chi connectivity index (χ1n) is 7.00. The zero-order chi connectivity index (χ0) is 15.2. The lowest BCUT2D eigenvalue weighted by Gasteiger charge is -2.00. The Morgan fingerprint density at radius 2 is 1.59 bits per heavy atom. The fourth-order valence-electron chi connectivity index (χ4n) is 2.07. The Balaban J connectivity index is 1.61. The van der Waals surface area contributed by atoms with E-state index in [4.69, 9.17) is 9.47 Å². The summed E-state index contributed by atoms with van der Waals surface area (Å²) in [5.74, 6) is -0.0789. The van der Waals surface area contributed by atoms with Crippen molar-refractivity contribution in [2.24, 2.45) is 4.99 Å². The molecule has 0 saturated heterocycles. The molecule has 4 nitrogen and oxygen atoms in total. The van der Waals surface area contributed by atoms with Crippen LogP contribution in [0.25, 0.3) is 0 Å². The molecule has 4 heteroatoms. The first kappa shape index (κ1) is 14.1. The topological polar surface area (TPSA) is 47.9 Å². The number of carbonyl (C=O) groups is 1. The van der Waals surface area contributed by atoms with E-state index in [1.165, 1.54) is 6.26 Å². The summed E-state index contributed by atoms with van der Waals surface area (Å²) in [6.07, 6.45) is 1.84. The lowest BCUT2D eigenvalue weighted by molar-refractivity contribution is -0.130. The molecule has 0 N–H and O–H groups in total. The third kappa shape index (κ3) is 3.61. The predicted octanol–water partition coefficient (Wildman–Crippen LogP) is 3.24. The average Bonchev–Trinajstić information content (AvgIpc) is 2.89. The first-order chi connectivity index (χ1) is 10.8. The van der Waals surface area contributed by atoms with Gasteiger partial charge in [0.25, 0.3) is 0 Å². The number of benzene rings is 2. The van der Waals surface area contributed by atoms with Gasteiger partial charge in [0.1, 0.15) is 12.9 Å². The van der Waals surface area contributed by atoms with Gasteiger partial charge in [-0.05, 0) is 11.1 Å². The second-order valence-electron chi connectivity index (χ2n) is 4.86. The Morgan fingerprint density at radius 1 is 0.955 bits per heavy atom. The third-order valence-corrected chi connectivity index (χ3v) is 3.15. The SMILES string of the molecule is O=C1OC(Cc2ccccc2)=N/C1=C/OCc1ccccc1. The lowest BCUT2D eigenvalue weighted by atomic mass is 10.1. The van der Waals surface area contributed by atoms with Crippen molar-refractivity contribution in [1.29, 1.82) is 0 Å². The van der Waals surface area contributed by atoms with E-state index in [1.807, 2.05) is 60.7 Å². The van der Waals surface area contributed by atoms with Gasteiger partial charge in [0, 0.05) is 6.42 Å². The van der Waals surface area contributed by atoms with Crippen LogP contribution in [0.1, 0.15) is 11.1 Å². The number of carbonyl (C=O) groups excluding carboxylic acids is 1. The Hall–Kier alpha value is -2.88. The number of cyclic esters (lactones) is 1. The van der Waals surface area contributed by atoms with Gasteiger partial charge in [-0.25, -0.2) is 9.79 Å². The highest BCUT2D eigenvalue weighted by atomic mass is 16.6. The van der Waals surface area contributed by atoms with Crippen molar-refractivity contribution in [1.82, 2.24) is 0 Å². The fourth-order valence-corrected chi connectivity index (χ4v) is 2.07. The van der Waals surface area contributed by atoms with Gasteiger partial charge in [0.05, 0.1) is 0 Å². The molecule has 1 aliphatic rings. The number of esters is 1. The molecule has 110 valence electrons. The van der Waals surface area contributed by atoms with E-state index in [9.17, 15) is 4.79 Å². The van der Waals surface area contributed by atoms with Gasteiger partial charge < -0.3 is 9.47 Å². The van der Waals surface area contributed by atoms with Crippen molar-refractivity contribution >= 4 is 11.9 Å². The minimum Gasteiger partial charge on any atom is -0.494 e. The van der Waals surface area contributed by atoms with Crippen LogP contribution in [-0.4, -0.2) is 11.9 Å². The maximum atomic E-state index is 11.7. The van der Waals surface area contributed by atoms with E-state index < -0.39 is 5.97 Å². The van der Waals surface area contributed by atoms with E-state index in [0.29, 0.717) is 18.9 Å². The summed E-state index contributed by atoms with van der Waals surface area (Å²) in [5, 5.41) is 0. The van der Waals surface area contributed by atoms with Gasteiger partial charge in [-0.3, -0.25) is 0 Å². The molecule has 0 saturated carbocycles. The van der Waals surface area contributed by atoms with Gasteiger partial charge in [0.2, 0.25) is 5.90 Å². The molecule has 1 heterocycles. The third-order valence-electron chi connectivity index (χ3n) is 3.15. The molecule has 3 rings (SSSR count). The summed E-state index contributed by atoms with van der Waals surface area (Å²) in [5.41, 5.74) is 2.27. The van der Waals surface area contributed by atoms with Crippen molar-refractivity contribution in [2.45, 2.75) is 13.0 Å². The van der Waals surface area contributed by atoms with Crippen molar-refractivity contribution in [3.8, 4) is 0 Å². The van der Waals surface area contributed by atoms with Crippen molar-refractivity contribution < 1.29 is 14.3 Å². The standard InChI is InChI=1S/C18H15NO3/c20-18-16(13-21-12-15-9-5-2-6-10-15)19-17(22-18)11-14-7-3-1-4-8-14/h1-10,13H,11-12H2/b16-13+. The molecule has 0 bridgehead atoms. The molecular weight excluding hydrogens is 278 g/mol. The van der Waals surface area contributed by atoms with E-state index in [0.717, 1.165) is 11.1 Å². The smallest absolute Gasteiger partial charge is 0.366 e. The predicted molar refractivity (Wildman–Crippen MR) is 83.0 cm³/mol. The van der Waals surface area contributed by atoms with E-state index in [1.54, 1.807) is 0 Å². The van der Waals surface area contributed by atoms with Gasteiger partial charge >= 0.3 is 5.97 Å². The van der Waals surface area contributed by atoms with Gasteiger partial charge in [-0.15, -0.1) is 0 Å². The summed E-state index contributed by atoms with van der Waals surface area (Å²) in [6, 6.07) is 19.5. The Labute approximate surface area is 128 Å². The van der Waals surface area contributed by atoms with Crippen LogP contribution < -0.4 is 0 Å². The number of aliphatic imine (C=N–C) groups is 1. The summed E-state index contributed by atoms with van der Waals surface area (Å²) >= 11 is 0. The molecule has 0 spiro atoms. The van der Waals surface area contributed by atoms with Gasteiger partial charge in [-0.1, -0.05) is 60.7 Å². The van der Waals surface area contributed by atoms with Crippen LogP contribution in [0, 0.1) is 0 Å². The van der Waals surface area contributed by atoms with Crippen LogP contribution >= 0.6 is 0 Å². The molecule has 0 amide bonds. The van der Waals surface area contributed by atoms with Crippen LogP contribution in [0.4, 0.5) is 0 Å². The molecule has 0 aliphatic carbocycles. The minimum atomic E-state index is -0.473. The summed E-state index contributed by atoms with van der Waals surface area (Å²) < 4.78 is 10.5. The van der Waals surface area contributed by atoms with E-state index in [-0.39, 0.29) is 5.70 Å². The average molecular weight is 293 g/mol. The lowest BCUT2D eigenvalue weighted by Crippen LogP contribution is -2.06. The summed E-state index contributed by atoms with van der Waals surface area (Å²) in [7, 11) is 0. The molecule has 0 fully saturated rings. The van der Waals surface area contributed by atoms with Gasteiger partial charge in [0.15, 0.2) is 5.70 Å². The number of hydrogen-bond donors (Lipinski definition) is 0. The zero-order valence-corrected chi connectivity index (χ0v) is 11.9. The Kier molecular flexibility index (Phi) is 4.30. The van der Waals surface area contributed by atoms with Crippen molar-refractivity contribution in [2.75, 3.05) is 0 Å². The Morgan fingerprint density at radius 3 is 2.27 bits per heavy atom. The van der Waals surface area contributed by atoms with Crippen molar-refractivity contribution in [3.63, 3.8) is 0 Å². The molecule has 2 aromatic carbocycles. The quantitative estimate of drug-likeness (QED) is 0.483. The van der Waals surface area contributed by atoms with Crippen LogP contribution in [0.15, 0.2) is 77.6 Å². The van der Waals surface area contributed by atoms with Crippen LogP contribution in [-0.2, 0) is 27.3 Å². The van der Waals surface area contributed by atoms with Crippen molar-refractivity contribution in [3.05, 3.63) is 83.7 Å². The van der Waals surface area contributed by atoms with Crippen LogP contribution in [0.5, 0.6) is 0 Å². The van der Waals surface area contributed by atoms with Gasteiger partial charge in [-0.2, -0.15) is 0 Å². The highest BCUT2D eigenvalue weighted by Crippen LogP contribution is 2.14. The highest BCUT2D eigenvalue weighted by molar-refractivity contribution is 6.04. The molecular formula is C18H15NO3. The van der Waals surface area contributed by atoms with E-state index in [2.05, 4.69) is 4.99 Å². The molecule has 0 radical (unpaired) electrons.